The van der Waals surface area contributed by atoms with Crippen LogP contribution in [0, 0.1) is 0 Å². The number of aliphatic hydroxyl groups is 4. The number of hydrogen-bond acceptors (Lipinski definition) is 6. The van der Waals surface area contributed by atoms with E-state index in [0.29, 0.717) is 0 Å². The van der Waals surface area contributed by atoms with Gasteiger partial charge in [-0.1, -0.05) is 33.8 Å². The van der Waals surface area contributed by atoms with Crippen molar-refractivity contribution in [3.05, 3.63) is 28.7 Å². The number of rotatable bonds is 3. The Hall–Kier alpha value is -0.150. The molecule has 7 heteroatoms. The fourth-order valence-corrected chi connectivity index (χ4v) is 3.51. The fraction of sp³-hybridized carbons (Fsp3) is 0.500. The van der Waals surface area contributed by atoms with Crippen LogP contribution in [-0.4, -0.2) is 56.9 Å². The molecule has 0 spiro atoms. The van der Waals surface area contributed by atoms with Gasteiger partial charge in [0.25, 0.3) is 0 Å². The number of aliphatic hydroxyl groups excluding tert-OH is 4. The van der Waals surface area contributed by atoms with Gasteiger partial charge in [0, 0.05) is 9.37 Å². The zero-order valence-electron chi connectivity index (χ0n) is 9.89. The summed E-state index contributed by atoms with van der Waals surface area (Å²) in [6.07, 6.45) is -4.75. The smallest absolute Gasteiger partial charge is 0.136 e. The van der Waals surface area contributed by atoms with Crippen LogP contribution >= 0.6 is 27.7 Å². The highest BCUT2D eigenvalue weighted by molar-refractivity contribution is 9.10. The van der Waals surface area contributed by atoms with Gasteiger partial charge in [-0.2, -0.15) is 0 Å². The van der Waals surface area contributed by atoms with E-state index in [1.807, 2.05) is 24.3 Å². The lowest BCUT2D eigenvalue weighted by atomic mass is 10.0. The van der Waals surface area contributed by atoms with E-state index in [0.717, 1.165) is 9.37 Å². The molecule has 1 aliphatic rings. The Balaban J connectivity index is 2.10. The molecule has 0 unspecified atom stereocenters. The van der Waals surface area contributed by atoms with Crippen LogP contribution < -0.4 is 0 Å². The summed E-state index contributed by atoms with van der Waals surface area (Å²) in [4.78, 5) is 0.846. The molecule has 0 bridgehead atoms. The normalized spacial score (nSPS) is 35.3. The molecule has 0 aliphatic carbocycles. The van der Waals surface area contributed by atoms with Crippen LogP contribution in [0.1, 0.15) is 0 Å². The molecule has 1 aromatic carbocycles. The minimum Gasteiger partial charge on any atom is -0.394 e. The van der Waals surface area contributed by atoms with E-state index in [2.05, 4.69) is 15.9 Å². The van der Waals surface area contributed by atoms with E-state index < -0.39 is 36.5 Å². The van der Waals surface area contributed by atoms with Gasteiger partial charge in [0.05, 0.1) is 6.61 Å². The van der Waals surface area contributed by atoms with E-state index in [1.165, 1.54) is 11.8 Å². The lowest BCUT2D eigenvalue weighted by Crippen LogP contribution is -2.57. The summed E-state index contributed by atoms with van der Waals surface area (Å²) in [5.41, 5.74) is -0.746. The third-order valence-corrected chi connectivity index (χ3v) is 4.54. The van der Waals surface area contributed by atoms with Gasteiger partial charge in [0.15, 0.2) is 0 Å². The topological polar surface area (TPSA) is 90.2 Å². The molecule has 5 nitrogen and oxygen atoms in total. The molecule has 0 amide bonds. The van der Waals surface area contributed by atoms with Crippen molar-refractivity contribution >= 4 is 27.7 Å². The predicted molar refractivity (Wildman–Crippen MR) is 73.8 cm³/mol. The molecule has 0 aromatic heterocycles. The van der Waals surface area contributed by atoms with Crippen LogP contribution in [0.4, 0.5) is 0 Å². The highest BCUT2D eigenvalue weighted by Crippen LogP contribution is 2.34. The second-order valence-corrected chi connectivity index (χ2v) is 6.36. The Morgan fingerprint density at radius 2 is 1.89 bits per heavy atom. The number of halogens is 1. The highest BCUT2D eigenvalue weighted by Gasteiger charge is 2.43. The molecule has 1 aromatic rings. The largest absolute Gasteiger partial charge is 0.394 e. The Labute approximate surface area is 123 Å². The van der Waals surface area contributed by atoms with Crippen molar-refractivity contribution in [2.24, 2.45) is 0 Å². The minimum atomic E-state index is -1.34. The molecule has 1 fully saturated rings. The van der Waals surface area contributed by atoms with Gasteiger partial charge in [0.1, 0.15) is 29.9 Å². The van der Waals surface area contributed by atoms with E-state index in [-0.39, 0.29) is 0 Å². The van der Waals surface area contributed by atoms with Gasteiger partial charge < -0.3 is 25.2 Å². The molecule has 106 valence electrons. The lowest BCUT2D eigenvalue weighted by Gasteiger charge is -2.39. The molecule has 2 rings (SSSR count). The average molecular weight is 351 g/mol. The average Bonchev–Trinajstić information content (AvgIpc) is 2.39. The SMILES string of the molecule is OC[C@H]1O[C@@H](Sc2cccc(Br)c2)[C@H](O)[C@@H](O)[C@@H]1O. The zero-order chi connectivity index (χ0) is 14.0. The monoisotopic (exact) mass is 350 g/mol. The number of ether oxygens (including phenoxy) is 1. The Morgan fingerprint density at radius 1 is 1.16 bits per heavy atom. The first-order chi connectivity index (χ1) is 9.02. The predicted octanol–water partition coefficient (Wildman–Crippen LogP) is 0.341. The van der Waals surface area contributed by atoms with Crippen molar-refractivity contribution in [1.82, 2.24) is 0 Å². The number of hydrogen-bond donors (Lipinski definition) is 4. The Bertz CT molecular complexity index is 430. The summed E-state index contributed by atoms with van der Waals surface area (Å²) in [5.74, 6) is 0. The summed E-state index contributed by atoms with van der Waals surface area (Å²) >= 11 is 4.57. The van der Waals surface area contributed by atoms with E-state index in [9.17, 15) is 15.3 Å². The van der Waals surface area contributed by atoms with Gasteiger partial charge >= 0.3 is 0 Å². The van der Waals surface area contributed by atoms with E-state index in [4.69, 9.17) is 9.84 Å². The molecular weight excluding hydrogens is 336 g/mol. The molecule has 19 heavy (non-hydrogen) atoms. The second-order valence-electron chi connectivity index (χ2n) is 4.27. The molecular formula is C12H15BrO5S. The molecule has 1 saturated heterocycles. The molecule has 0 radical (unpaired) electrons. The maximum absolute atomic E-state index is 9.90. The second kappa shape index (κ2) is 6.53. The lowest BCUT2D eigenvalue weighted by molar-refractivity contribution is -0.205. The summed E-state index contributed by atoms with van der Waals surface area (Å²) < 4.78 is 6.30. The summed E-state index contributed by atoms with van der Waals surface area (Å²) in [7, 11) is 0. The highest BCUT2D eigenvalue weighted by atomic mass is 79.9. The zero-order valence-corrected chi connectivity index (χ0v) is 12.3. The van der Waals surface area contributed by atoms with Crippen LogP contribution in [-0.2, 0) is 4.74 Å². The van der Waals surface area contributed by atoms with Gasteiger partial charge in [-0.05, 0) is 18.2 Å². The first kappa shape index (κ1) is 15.2. The molecule has 1 heterocycles. The van der Waals surface area contributed by atoms with E-state index >= 15 is 0 Å². The van der Waals surface area contributed by atoms with Crippen molar-refractivity contribution in [1.29, 1.82) is 0 Å². The Kier molecular flexibility index (Phi) is 5.24. The number of benzene rings is 1. The van der Waals surface area contributed by atoms with Crippen LogP contribution in [0.15, 0.2) is 33.6 Å². The third-order valence-electron chi connectivity index (χ3n) is 2.90. The van der Waals surface area contributed by atoms with Crippen LogP contribution in [0.3, 0.4) is 0 Å². The standard InChI is InChI=1S/C12H15BrO5S/c13-6-2-1-3-7(4-6)19-12-11(17)10(16)9(15)8(5-14)18-12/h1-4,8-12,14-17H,5H2/t8-,9-,10+,11-,12+/m1/s1. The summed E-state index contributed by atoms with van der Waals surface area (Å²) in [6, 6.07) is 7.41. The first-order valence-electron chi connectivity index (χ1n) is 5.75. The first-order valence-corrected chi connectivity index (χ1v) is 7.43. The minimum absolute atomic E-state index is 0.416. The molecule has 0 saturated carbocycles. The summed E-state index contributed by atoms with van der Waals surface area (Å²) in [6.45, 7) is -0.416. The number of thioether (sulfide) groups is 1. The fourth-order valence-electron chi connectivity index (χ4n) is 1.84. The van der Waals surface area contributed by atoms with Crippen molar-refractivity contribution in [2.75, 3.05) is 6.61 Å². The van der Waals surface area contributed by atoms with Crippen molar-refractivity contribution in [2.45, 2.75) is 34.7 Å². The van der Waals surface area contributed by atoms with Gasteiger partial charge in [-0.15, -0.1) is 0 Å². The van der Waals surface area contributed by atoms with Crippen LogP contribution in [0.5, 0.6) is 0 Å². The maximum Gasteiger partial charge on any atom is 0.136 e. The third kappa shape index (κ3) is 3.49. The van der Waals surface area contributed by atoms with Gasteiger partial charge in [0.2, 0.25) is 0 Å². The van der Waals surface area contributed by atoms with Crippen molar-refractivity contribution in [3.63, 3.8) is 0 Å². The van der Waals surface area contributed by atoms with Crippen LogP contribution in [0.25, 0.3) is 0 Å². The van der Waals surface area contributed by atoms with Gasteiger partial charge in [-0.25, -0.2) is 0 Å². The Morgan fingerprint density at radius 3 is 2.53 bits per heavy atom. The quantitative estimate of drug-likeness (QED) is 0.628. The van der Waals surface area contributed by atoms with Crippen molar-refractivity contribution in [3.8, 4) is 0 Å². The van der Waals surface area contributed by atoms with Crippen LogP contribution in [0.2, 0.25) is 0 Å². The molecule has 4 N–H and O–H groups in total. The van der Waals surface area contributed by atoms with Gasteiger partial charge in [-0.3, -0.25) is 0 Å². The molecule has 5 atom stereocenters. The summed E-state index contributed by atoms with van der Waals surface area (Å²) in [5, 5.41) is 38.4. The van der Waals surface area contributed by atoms with Crippen molar-refractivity contribution < 1.29 is 25.2 Å². The van der Waals surface area contributed by atoms with E-state index in [1.54, 1.807) is 0 Å². The molecule has 1 aliphatic heterocycles. The maximum atomic E-state index is 9.90.